The summed E-state index contributed by atoms with van der Waals surface area (Å²) in [4.78, 5) is 24.1. The first-order valence-corrected chi connectivity index (χ1v) is 7.74. The van der Waals surface area contributed by atoms with Gasteiger partial charge < -0.3 is 9.15 Å². The van der Waals surface area contributed by atoms with Crippen molar-refractivity contribution in [1.29, 1.82) is 0 Å². The summed E-state index contributed by atoms with van der Waals surface area (Å²) in [7, 11) is 0. The molecule has 0 atom stereocenters. The van der Waals surface area contributed by atoms with E-state index in [0.717, 1.165) is 6.07 Å². The van der Waals surface area contributed by atoms with Crippen LogP contribution in [-0.4, -0.2) is 11.8 Å². The van der Waals surface area contributed by atoms with Crippen LogP contribution in [-0.2, 0) is 6.61 Å². The van der Waals surface area contributed by atoms with E-state index >= 15 is 0 Å². The molecule has 0 unspecified atom stereocenters. The molecule has 0 saturated heterocycles. The molecule has 0 aliphatic heterocycles. The third-order valence-electron chi connectivity index (χ3n) is 3.50. The van der Waals surface area contributed by atoms with Crippen LogP contribution < -0.4 is 15.6 Å². The van der Waals surface area contributed by atoms with Crippen LogP contribution in [0.4, 0.5) is 4.39 Å². The summed E-state index contributed by atoms with van der Waals surface area (Å²) in [6, 6.07) is 16.1. The summed E-state index contributed by atoms with van der Waals surface area (Å²) in [6.07, 6.45) is 1.34. The zero-order valence-electron chi connectivity index (χ0n) is 13.6. The van der Waals surface area contributed by atoms with Crippen LogP contribution in [0.5, 0.6) is 5.75 Å². The molecule has 1 heterocycles. The van der Waals surface area contributed by atoms with Gasteiger partial charge in [0.1, 0.15) is 18.2 Å². The summed E-state index contributed by atoms with van der Waals surface area (Å²) >= 11 is 0. The number of para-hydroxylation sites is 1. The van der Waals surface area contributed by atoms with Crippen molar-refractivity contribution in [3.05, 3.63) is 89.6 Å². The number of halogens is 1. The molecule has 0 spiro atoms. The number of furan rings is 1. The standard InChI is InChI=1S/C19H15FN2O4/c20-16-9-5-4-8-15(16)18(23)21-22-19(24)17-13(10-11-25-17)12-26-14-6-2-1-3-7-14/h1-11H,12H2,(H,21,23)(H,22,24). The van der Waals surface area contributed by atoms with Crippen molar-refractivity contribution >= 4 is 11.8 Å². The largest absolute Gasteiger partial charge is 0.489 e. The van der Waals surface area contributed by atoms with E-state index in [1.807, 2.05) is 18.2 Å². The molecule has 0 bridgehead atoms. The van der Waals surface area contributed by atoms with E-state index in [4.69, 9.17) is 9.15 Å². The number of amides is 2. The molecule has 3 aromatic rings. The van der Waals surface area contributed by atoms with Crippen LogP contribution >= 0.6 is 0 Å². The second kappa shape index (κ2) is 7.98. The number of benzene rings is 2. The number of ether oxygens (including phenoxy) is 1. The van der Waals surface area contributed by atoms with Crippen LogP contribution in [0.15, 0.2) is 71.3 Å². The third kappa shape index (κ3) is 4.07. The average Bonchev–Trinajstić information content (AvgIpc) is 3.14. The SMILES string of the molecule is O=C(NNC(=O)c1occc1COc1ccccc1)c1ccccc1F. The highest BCUT2D eigenvalue weighted by molar-refractivity contribution is 5.98. The van der Waals surface area contributed by atoms with Crippen LogP contribution in [0, 0.1) is 5.82 Å². The summed E-state index contributed by atoms with van der Waals surface area (Å²) in [6.45, 7) is 0.116. The van der Waals surface area contributed by atoms with E-state index in [2.05, 4.69) is 10.9 Å². The molecule has 3 rings (SSSR count). The van der Waals surface area contributed by atoms with E-state index < -0.39 is 17.6 Å². The van der Waals surface area contributed by atoms with Gasteiger partial charge in [-0.2, -0.15) is 0 Å². The fourth-order valence-electron chi connectivity index (χ4n) is 2.21. The molecule has 0 saturated carbocycles. The molecule has 2 amide bonds. The molecular weight excluding hydrogens is 339 g/mol. The molecule has 0 fully saturated rings. The Morgan fingerprint density at radius 1 is 0.923 bits per heavy atom. The Kier molecular flexibility index (Phi) is 5.28. The smallest absolute Gasteiger partial charge is 0.305 e. The lowest BCUT2D eigenvalue weighted by atomic mass is 10.2. The molecular formula is C19H15FN2O4. The second-order valence-electron chi connectivity index (χ2n) is 5.26. The number of carbonyl (C=O) groups is 2. The first-order valence-electron chi connectivity index (χ1n) is 7.74. The minimum atomic E-state index is -0.773. The first kappa shape index (κ1) is 17.2. The number of hydrogen-bond acceptors (Lipinski definition) is 4. The van der Waals surface area contributed by atoms with Crippen molar-refractivity contribution in [2.75, 3.05) is 0 Å². The minimum Gasteiger partial charge on any atom is -0.489 e. The Bertz CT molecular complexity index is 909. The normalized spacial score (nSPS) is 10.2. The lowest BCUT2D eigenvalue weighted by molar-refractivity contribution is 0.0826. The number of rotatable bonds is 5. The highest BCUT2D eigenvalue weighted by Gasteiger charge is 2.18. The van der Waals surface area contributed by atoms with Crippen molar-refractivity contribution in [3.8, 4) is 5.75 Å². The Morgan fingerprint density at radius 3 is 2.38 bits per heavy atom. The fraction of sp³-hybridized carbons (Fsp3) is 0.0526. The van der Waals surface area contributed by atoms with Crippen LogP contribution in [0.25, 0.3) is 0 Å². The van der Waals surface area contributed by atoms with Crippen molar-refractivity contribution in [2.45, 2.75) is 6.61 Å². The molecule has 0 aliphatic rings. The maximum atomic E-state index is 13.6. The molecule has 132 valence electrons. The zero-order valence-corrected chi connectivity index (χ0v) is 13.6. The molecule has 0 aliphatic carbocycles. The van der Waals surface area contributed by atoms with E-state index in [9.17, 15) is 14.0 Å². The van der Waals surface area contributed by atoms with Crippen LogP contribution in [0.2, 0.25) is 0 Å². The summed E-state index contributed by atoms with van der Waals surface area (Å²) < 4.78 is 24.3. The quantitative estimate of drug-likeness (QED) is 0.690. The van der Waals surface area contributed by atoms with Crippen LogP contribution in [0.1, 0.15) is 26.5 Å². The van der Waals surface area contributed by atoms with E-state index in [-0.39, 0.29) is 17.9 Å². The number of carbonyl (C=O) groups excluding carboxylic acids is 2. The van der Waals surface area contributed by atoms with Crippen molar-refractivity contribution in [3.63, 3.8) is 0 Å². The lowest BCUT2D eigenvalue weighted by Crippen LogP contribution is -2.42. The van der Waals surface area contributed by atoms with Gasteiger partial charge in [-0.1, -0.05) is 30.3 Å². The number of hydrogen-bond donors (Lipinski definition) is 2. The predicted octanol–water partition coefficient (Wildman–Crippen LogP) is 3.07. The predicted molar refractivity (Wildman–Crippen MR) is 90.8 cm³/mol. The van der Waals surface area contributed by atoms with Gasteiger partial charge in [0.05, 0.1) is 11.8 Å². The van der Waals surface area contributed by atoms with Gasteiger partial charge >= 0.3 is 5.91 Å². The Morgan fingerprint density at radius 2 is 1.62 bits per heavy atom. The monoisotopic (exact) mass is 354 g/mol. The van der Waals surface area contributed by atoms with E-state index in [1.165, 1.54) is 24.5 Å². The summed E-state index contributed by atoms with van der Waals surface area (Å²) in [5, 5.41) is 0. The Hall–Kier alpha value is -3.61. The van der Waals surface area contributed by atoms with Gasteiger partial charge in [0, 0.05) is 5.56 Å². The summed E-state index contributed by atoms with van der Waals surface area (Å²) in [5.74, 6) is -1.49. The van der Waals surface area contributed by atoms with Gasteiger partial charge in [0.15, 0.2) is 5.76 Å². The topological polar surface area (TPSA) is 80.6 Å². The molecule has 1 aromatic heterocycles. The highest BCUT2D eigenvalue weighted by Crippen LogP contribution is 2.15. The lowest BCUT2D eigenvalue weighted by Gasteiger charge is -2.08. The van der Waals surface area contributed by atoms with Crippen molar-refractivity contribution in [1.82, 2.24) is 10.9 Å². The molecule has 0 radical (unpaired) electrons. The highest BCUT2D eigenvalue weighted by atomic mass is 19.1. The summed E-state index contributed by atoms with van der Waals surface area (Å²) in [5.41, 5.74) is 4.67. The Labute approximate surface area is 148 Å². The van der Waals surface area contributed by atoms with Crippen molar-refractivity contribution in [2.24, 2.45) is 0 Å². The number of nitrogens with one attached hydrogen (secondary N) is 2. The van der Waals surface area contributed by atoms with Crippen LogP contribution in [0.3, 0.4) is 0 Å². The molecule has 2 aromatic carbocycles. The van der Waals surface area contributed by atoms with E-state index in [1.54, 1.807) is 18.2 Å². The molecule has 2 N–H and O–H groups in total. The molecule has 6 nitrogen and oxygen atoms in total. The minimum absolute atomic E-state index is 0.00485. The van der Waals surface area contributed by atoms with Gasteiger partial charge in [-0.15, -0.1) is 0 Å². The van der Waals surface area contributed by atoms with Gasteiger partial charge in [-0.25, -0.2) is 4.39 Å². The Balaban J connectivity index is 1.59. The first-order chi connectivity index (χ1) is 12.6. The molecule has 26 heavy (non-hydrogen) atoms. The van der Waals surface area contributed by atoms with Gasteiger partial charge in [-0.3, -0.25) is 20.4 Å². The third-order valence-corrected chi connectivity index (χ3v) is 3.50. The van der Waals surface area contributed by atoms with Gasteiger partial charge in [-0.05, 0) is 30.3 Å². The van der Waals surface area contributed by atoms with Gasteiger partial charge in [0.2, 0.25) is 0 Å². The average molecular weight is 354 g/mol. The maximum Gasteiger partial charge on any atom is 0.305 e. The zero-order chi connectivity index (χ0) is 18.4. The maximum absolute atomic E-state index is 13.6. The fourth-order valence-corrected chi connectivity index (χ4v) is 2.21. The van der Waals surface area contributed by atoms with E-state index in [0.29, 0.717) is 11.3 Å². The molecule has 7 heteroatoms. The van der Waals surface area contributed by atoms with Crippen molar-refractivity contribution < 1.29 is 23.1 Å². The van der Waals surface area contributed by atoms with Gasteiger partial charge in [0.25, 0.3) is 5.91 Å². The second-order valence-corrected chi connectivity index (χ2v) is 5.26. The number of hydrazine groups is 1.